The molecule has 0 saturated heterocycles. The standard InChI is InChI=1S/C28H37N3O4S/c1-16-15-30-27(36-16)31-24(32)9-5-18-13-23(35-25(33)14-29)28(2)11-10-21-20-8-6-19(34-3)12-17(20)4-7-22(21)26(18)28/h6,8,12,15,18,21-23,26H,4-5,7,9-11,13-14,29H2,1-3H3,(H,30,31,32). The molecule has 194 valence electrons. The zero-order valence-electron chi connectivity index (χ0n) is 21.4. The van der Waals surface area contributed by atoms with Crippen molar-refractivity contribution < 1.29 is 19.1 Å². The minimum Gasteiger partial charge on any atom is -0.497 e. The first-order valence-electron chi connectivity index (χ1n) is 13.1. The number of hydrogen-bond donors (Lipinski definition) is 2. The molecule has 8 heteroatoms. The summed E-state index contributed by atoms with van der Waals surface area (Å²) in [5.41, 5.74) is 8.37. The molecule has 2 fully saturated rings. The van der Waals surface area contributed by atoms with E-state index in [9.17, 15) is 9.59 Å². The van der Waals surface area contributed by atoms with Crippen LogP contribution < -0.4 is 15.8 Å². The molecule has 5 rings (SSSR count). The van der Waals surface area contributed by atoms with Crippen molar-refractivity contribution >= 4 is 28.3 Å². The average molecular weight is 512 g/mol. The van der Waals surface area contributed by atoms with E-state index in [0.29, 0.717) is 35.2 Å². The molecule has 0 aliphatic heterocycles. The van der Waals surface area contributed by atoms with E-state index in [0.717, 1.165) is 49.2 Å². The second-order valence-corrected chi connectivity index (χ2v) is 12.2. The molecule has 0 spiro atoms. The molecule has 7 nitrogen and oxygen atoms in total. The Kier molecular flexibility index (Phi) is 7.10. The molecule has 1 aromatic heterocycles. The van der Waals surface area contributed by atoms with Gasteiger partial charge in [0, 0.05) is 22.9 Å². The summed E-state index contributed by atoms with van der Waals surface area (Å²) in [6, 6.07) is 6.53. The van der Waals surface area contributed by atoms with Crippen molar-refractivity contribution in [2.75, 3.05) is 19.0 Å². The number of fused-ring (bicyclic) bond motifs is 5. The van der Waals surface area contributed by atoms with E-state index < -0.39 is 0 Å². The number of nitrogens with two attached hydrogens (primary N) is 1. The van der Waals surface area contributed by atoms with Crippen LogP contribution >= 0.6 is 11.3 Å². The zero-order valence-corrected chi connectivity index (χ0v) is 22.2. The normalized spacial score (nSPS) is 30.6. The number of methoxy groups -OCH3 is 1. The lowest BCUT2D eigenvalue weighted by Gasteiger charge is -2.51. The Morgan fingerprint density at radius 2 is 2.14 bits per heavy atom. The number of carbonyl (C=O) groups is 2. The van der Waals surface area contributed by atoms with E-state index >= 15 is 0 Å². The Bertz CT molecular complexity index is 1130. The zero-order chi connectivity index (χ0) is 25.4. The monoisotopic (exact) mass is 511 g/mol. The number of hydrogen-bond acceptors (Lipinski definition) is 7. The molecular formula is C28H37N3O4S. The van der Waals surface area contributed by atoms with Crippen LogP contribution in [0.2, 0.25) is 0 Å². The molecule has 3 N–H and O–H groups in total. The molecule has 6 atom stereocenters. The first-order valence-corrected chi connectivity index (χ1v) is 13.9. The molecule has 0 bridgehead atoms. The highest BCUT2D eigenvalue weighted by Crippen LogP contribution is 2.64. The topological polar surface area (TPSA) is 104 Å². The van der Waals surface area contributed by atoms with Gasteiger partial charge in [0.15, 0.2) is 5.13 Å². The number of thiazole rings is 1. The maximum Gasteiger partial charge on any atom is 0.319 e. The van der Waals surface area contributed by atoms with Crippen molar-refractivity contribution in [2.45, 2.75) is 70.8 Å². The van der Waals surface area contributed by atoms with Crippen molar-refractivity contribution in [3.63, 3.8) is 0 Å². The van der Waals surface area contributed by atoms with Gasteiger partial charge in [-0.1, -0.05) is 13.0 Å². The maximum atomic E-state index is 12.8. The van der Waals surface area contributed by atoms with E-state index in [4.69, 9.17) is 15.2 Å². The lowest BCUT2D eigenvalue weighted by Crippen LogP contribution is -2.46. The molecule has 36 heavy (non-hydrogen) atoms. The summed E-state index contributed by atoms with van der Waals surface area (Å²) < 4.78 is 11.4. The van der Waals surface area contributed by atoms with Gasteiger partial charge in [0.2, 0.25) is 5.91 Å². The second-order valence-electron chi connectivity index (χ2n) is 11.0. The highest BCUT2D eigenvalue weighted by molar-refractivity contribution is 7.15. The fraction of sp³-hybridized carbons (Fsp3) is 0.607. The number of benzene rings is 1. The van der Waals surface area contributed by atoms with Crippen LogP contribution in [0.25, 0.3) is 0 Å². The first-order chi connectivity index (χ1) is 17.3. The van der Waals surface area contributed by atoms with Crippen LogP contribution in [0.4, 0.5) is 5.13 Å². The van der Waals surface area contributed by atoms with Gasteiger partial charge in [-0.05, 0) is 92.4 Å². The fourth-order valence-electron chi connectivity index (χ4n) is 7.52. The van der Waals surface area contributed by atoms with Crippen LogP contribution in [0, 0.1) is 30.1 Å². The number of aromatic nitrogens is 1. The number of nitrogens with one attached hydrogen (secondary N) is 1. The van der Waals surface area contributed by atoms with Crippen molar-refractivity contribution in [3.05, 3.63) is 40.4 Å². The summed E-state index contributed by atoms with van der Waals surface area (Å²) in [4.78, 5) is 30.3. The quantitative estimate of drug-likeness (QED) is 0.516. The number of nitrogens with zero attached hydrogens (tertiary/aromatic N) is 1. The van der Waals surface area contributed by atoms with E-state index in [1.54, 1.807) is 13.3 Å². The number of esters is 1. The van der Waals surface area contributed by atoms with Gasteiger partial charge < -0.3 is 20.5 Å². The fourth-order valence-corrected chi connectivity index (χ4v) is 8.20. The van der Waals surface area contributed by atoms with Crippen molar-refractivity contribution in [2.24, 2.45) is 28.9 Å². The third-order valence-corrected chi connectivity index (χ3v) is 9.87. The number of rotatable bonds is 7. The summed E-state index contributed by atoms with van der Waals surface area (Å²) in [6.45, 7) is 4.19. The van der Waals surface area contributed by atoms with Gasteiger partial charge in [-0.3, -0.25) is 9.59 Å². The largest absolute Gasteiger partial charge is 0.497 e. The van der Waals surface area contributed by atoms with Crippen LogP contribution in [-0.4, -0.2) is 36.6 Å². The summed E-state index contributed by atoms with van der Waals surface area (Å²) in [5, 5.41) is 3.61. The Labute approximate surface area is 217 Å². The summed E-state index contributed by atoms with van der Waals surface area (Å²) in [6.07, 6.45) is 7.90. The van der Waals surface area contributed by atoms with Gasteiger partial charge in [0.25, 0.3) is 0 Å². The minimum absolute atomic E-state index is 0.00176. The number of aryl methyl sites for hydroxylation is 2. The number of amides is 1. The average Bonchev–Trinajstić information content (AvgIpc) is 3.41. The summed E-state index contributed by atoms with van der Waals surface area (Å²) >= 11 is 1.49. The van der Waals surface area contributed by atoms with E-state index in [2.05, 4.69) is 35.4 Å². The molecule has 2 saturated carbocycles. The third-order valence-electron chi connectivity index (χ3n) is 9.04. The first kappa shape index (κ1) is 25.2. The predicted octanol–water partition coefficient (Wildman–Crippen LogP) is 4.83. The lowest BCUT2D eigenvalue weighted by molar-refractivity contribution is -0.155. The Morgan fingerprint density at radius 3 is 2.86 bits per heavy atom. The molecule has 1 heterocycles. The van der Waals surface area contributed by atoms with Crippen molar-refractivity contribution in [1.82, 2.24) is 4.98 Å². The van der Waals surface area contributed by atoms with E-state index in [1.165, 1.54) is 22.5 Å². The van der Waals surface area contributed by atoms with Gasteiger partial charge in [-0.15, -0.1) is 11.3 Å². The van der Waals surface area contributed by atoms with Gasteiger partial charge in [-0.2, -0.15) is 0 Å². The summed E-state index contributed by atoms with van der Waals surface area (Å²) in [7, 11) is 1.72. The van der Waals surface area contributed by atoms with Crippen LogP contribution in [-0.2, 0) is 20.7 Å². The lowest BCUT2D eigenvalue weighted by atomic mass is 9.53. The van der Waals surface area contributed by atoms with Crippen LogP contribution in [0.5, 0.6) is 5.75 Å². The highest BCUT2D eigenvalue weighted by Gasteiger charge is 2.59. The van der Waals surface area contributed by atoms with Gasteiger partial charge in [0.1, 0.15) is 11.9 Å². The maximum absolute atomic E-state index is 12.8. The Morgan fingerprint density at radius 1 is 1.31 bits per heavy atom. The third kappa shape index (κ3) is 4.65. The van der Waals surface area contributed by atoms with Crippen molar-refractivity contribution in [1.29, 1.82) is 0 Å². The molecular weight excluding hydrogens is 474 g/mol. The Hall–Kier alpha value is -2.45. The number of carbonyl (C=O) groups excluding carboxylic acids is 2. The Balaban J connectivity index is 1.37. The molecule has 3 aliphatic carbocycles. The van der Waals surface area contributed by atoms with E-state index in [1.807, 2.05) is 6.92 Å². The molecule has 1 amide bonds. The number of ether oxygens (including phenoxy) is 2. The molecule has 3 aliphatic rings. The minimum atomic E-state index is -0.333. The van der Waals surface area contributed by atoms with Crippen LogP contribution in [0.3, 0.4) is 0 Å². The molecule has 6 unspecified atom stereocenters. The second kappa shape index (κ2) is 10.1. The molecule has 1 aromatic carbocycles. The van der Waals surface area contributed by atoms with Crippen LogP contribution in [0.1, 0.15) is 67.4 Å². The van der Waals surface area contributed by atoms with Crippen molar-refractivity contribution in [3.8, 4) is 5.75 Å². The molecule has 0 radical (unpaired) electrons. The van der Waals surface area contributed by atoms with Gasteiger partial charge in [-0.25, -0.2) is 4.98 Å². The molecule has 2 aromatic rings. The highest BCUT2D eigenvalue weighted by atomic mass is 32.1. The number of anilines is 1. The van der Waals surface area contributed by atoms with Crippen LogP contribution in [0.15, 0.2) is 24.4 Å². The van der Waals surface area contributed by atoms with Gasteiger partial charge in [0.05, 0.1) is 13.7 Å². The SMILES string of the molecule is COc1ccc2c(c1)CCC1C2CCC2(C)C(OC(=O)CN)CC(CCC(=O)Nc3ncc(C)s3)C12. The van der Waals surface area contributed by atoms with Gasteiger partial charge >= 0.3 is 5.97 Å². The smallest absolute Gasteiger partial charge is 0.319 e. The predicted molar refractivity (Wildman–Crippen MR) is 140 cm³/mol. The summed E-state index contributed by atoms with van der Waals surface area (Å²) in [5.74, 6) is 2.32. The van der Waals surface area contributed by atoms with E-state index in [-0.39, 0.29) is 29.9 Å².